The van der Waals surface area contributed by atoms with Gasteiger partial charge in [-0.3, -0.25) is 9.59 Å². The first kappa shape index (κ1) is 34.1. The number of nitrogens with zero attached hydrogens (tertiary/aromatic N) is 1. The fourth-order valence-corrected chi connectivity index (χ4v) is 4.95. The predicted molar refractivity (Wildman–Crippen MR) is 167 cm³/mol. The molecule has 0 aliphatic heterocycles. The molecule has 7 nitrogen and oxygen atoms in total. The Balaban J connectivity index is 2.66. The number of hydrogen-bond donors (Lipinski definition) is 2. The molecule has 8 heteroatoms. The van der Waals surface area contributed by atoms with Gasteiger partial charge in [0.1, 0.15) is 17.7 Å². The quantitative estimate of drug-likeness (QED) is 0.248. The number of para-hydroxylation sites is 1. The Labute approximate surface area is 251 Å². The van der Waals surface area contributed by atoms with Crippen molar-refractivity contribution in [2.75, 3.05) is 11.9 Å². The first-order valence-electron chi connectivity index (χ1n) is 14.6. The maximum Gasteiger partial charge on any atom is 0.408 e. The van der Waals surface area contributed by atoms with Crippen molar-refractivity contribution < 1.29 is 19.1 Å². The highest BCUT2D eigenvalue weighted by atomic mass is 35.5. The van der Waals surface area contributed by atoms with Crippen molar-refractivity contribution in [2.45, 2.75) is 106 Å². The minimum atomic E-state index is -0.943. The number of aryl methyl sites for hydroxylation is 3. The van der Waals surface area contributed by atoms with Crippen molar-refractivity contribution in [2.24, 2.45) is 5.92 Å². The third kappa shape index (κ3) is 9.77. The van der Waals surface area contributed by atoms with Crippen molar-refractivity contribution in [3.8, 4) is 0 Å². The highest BCUT2D eigenvalue weighted by molar-refractivity contribution is 6.34. The predicted octanol–water partition coefficient (Wildman–Crippen LogP) is 7.90. The first-order valence-corrected chi connectivity index (χ1v) is 15.0. The van der Waals surface area contributed by atoms with Gasteiger partial charge < -0.3 is 20.3 Å². The van der Waals surface area contributed by atoms with Gasteiger partial charge in [0.15, 0.2) is 0 Å². The largest absolute Gasteiger partial charge is 0.444 e. The van der Waals surface area contributed by atoms with Crippen LogP contribution >= 0.6 is 11.6 Å². The monoisotopic (exact) mass is 585 g/mol. The van der Waals surface area contributed by atoms with Crippen LogP contribution in [0.5, 0.6) is 0 Å². The summed E-state index contributed by atoms with van der Waals surface area (Å²) in [5.41, 5.74) is 3.21. The topological polar surface area (TPSA) is 87.7 Å². The van der Waals surface area contributed by atoms with Crippen molar-refractivity contribution in [3.05, 3.63) is 63.7 Å². The second-order valence-corrected chi connectivity index (χ2v) is 12.3. The zero-order valence-corrected chi connectivity index (χ0v) is 26.9. The van der Waals surface area contributed by atoms with Gasteiger partial charge in [-0.05, 0) is 76.6 Å². The summed E-state index contributed by atoms with van der Waals surface area (Å²) >= 11 is 6.49. The van der Waals surface area contributed by atoms with Gasteiger partial charge >= 0.3 is 6.09 Å². The van der Waals surface area contributed by atoms with E-state index in [1.807, 2.05) is 65.0 Å². The van der Waals surface area contributed by atoms with Crippen LogP contribution in [0.15, 0.2) is 36.4 Å². The number of rotatable bonds is 12. The maximum absolute atomic E-state index is 14.5. The van der Waals surface area contributed by atoms with E-state index in [0.29, 0.717) is 30.1 Å². The summed E-state index contributed by atoms with van der Waals surface area (Å²) in [5.74, 6) is -0.880. The van der Waals surface area contributed by atoms with Crippen LogP contribution in [0.1, 0.15) is 95.5 Å². The lowest BCUT2D eigenvalue weighted by Gasteiger charge is -2.37. The molecule has 226 valence electrons. The van der Waals surface area contributed by atoms with E-state index < -0.39 is 23.8 Å². The first-order chi connectivity index (χ1) is 19.2. The Kier molecular flexibility index (Phi) is 12.7. The van der Waals surface area contributed by atoms with Gasteiger partial charge in [-0.25, -0.2) is 4.79 Å². The molecule has 0 saturated carbocycles. The number of hydrogen-bond acceptors (Lipinski definition) is 4. The van der Waals surface area contributed by atoms with Crippen molar-refractivity contribution >= 4 is 35.2 Å². The molecule has 3 atom stereocenters. The fraction of sp³-hybridized carbons (Fsp3) is 0.545. The standard InChI is InChI=1S/C33H48ClN3O4/c1-10-12-13-19-37(31(39)28(22(4)11-2)36-32(40)41-33(7,8)9)29(25-20-21(3)17-18-23(25)5)30(38)35-27-24(6)15-14-16-26(27)34/h14-18,20,22,28-29H,10-13,19H2,1-9H3,(H,35,38)(H,36,40). The zero-order valence-electron chi connectivity index (χ0n) is 26.2. The number of halogens is 1. The van der Waals surface area contributed by atoms with Gasteiger partial charge in [0.05, 0.1) is 10.7 Å². The number of carbonyl (C=O) groups excluding carboxylic acids is 3. The van der Waals surface area contributed by atoms with E-state index in [9.17, 15) is 14.4 Å². The van der Waals surface area contributed by atoms with Crippen LogP contribution in [-0.2, 0) is 14.3 Å². The molecule has 2 aromatic rings. The summed E-state index contributed by atoms with van der Waals surface area (Å²) in [6.07, 6.45) is 2.54. The number of carbonyl (C=O) groups is 3. The molecule has 0 fully saturated rings. The smallest absolute Gasteiger partial charge is 0.408 e. The molecule has 2 rings (SSSR count). The summed E-state index contributed by atoms with van der Waals surface area (Å²) in [4.78, 5) is 43.2. The fourth-order valence-electron chi connectivity index (χ4n) is 4.68. The molecule has 0 saturated heterocycles. The highest BCUT2D eigenvalue weighted by Crippen LogP contribution is 2.32. The van der Waals surface area contributed by atoms with Gasteiger partial charge in [-0.1, -0.05) is 87.5 Å². The molecule has 2 aromatic carbocycles. The molecular formula is C33H48ClN3O4. The van der Waals surface area contributed by atoms with Gasteiger partial charge in [0, 0.05) is 6.54 Å². The number of alkyl carbamates (subject to hydrolysis) is 1. The third-order valence-corrected chi connectivity index (χ3v) is 7.51. The van der Waals surface area contributed by atoms with Gasteiger partial charge in [0.25, 0.3) is 5.91 Å². The molecule has 0 bridgehead atoms. The molecule has 0 aromatic heterocycles. The molecule has 0 aliphatic rings. The molecule has 0 spiro atoms. The molecule has 0 heterocycles. The van der Waals surface area contributed by atoms with E-state index in [4.69, 9.17) is 16.3 Å². The Morgan fingerprint density at radius 1 is 1.00 bits per heavy atom. The van der Waals surface area contributed by atoms with Crippen LogP contribution in [0.3, 0.4) is 0 Å². The van der Waals surface area contributed by atoms with E-state index in [1.54, 1.807) is 31.7 Å². The highest BCUT2D eigenvalue weighted by Gasteiger charge is 2.38. The van der Waals surface area contributed by atoms with E-state index in [-0.39, 0.29) is 17.7 Å². The molecule has 3 unspecified atom stereocenters. The lowest BCUT2D eigenvalue weighted by atomic mass is 9.93. The molecule has 41 heavy (non-hydrogen) atoms. The summed E-state index contributed by atoms with van der Waals surface area (Å²) in [6.45, 7) is 17.4. The summed E-state index contributed by atoms with van der Waals surface area (Å²) in [6, 6.07) is 9.52. The van der Waals surface area contributed by atoms with Crippen LogP contribution in [-0.4, -0.2) is 41.0 Å². The number of benzene rings is 2. The zero-order chi connectivity index (χ0) is 30.9. The van der Waals surface area contributed by atoms with Crippen LogP contribution < -0.4 is 10.6 Å². The van der Waals surface area contributed by atoms with E-state index in [0.717, 1.165) is 35.1 Å². The van der Waals surface area contributed by atoms with Gasteiger partial charge in [-0.15, -0.1) is 0 Å². The molecule has 0 aliphatic carbocycles. The number of ether oxygens (including phenoxy) is 1. The Morgan fingerprint density at radius 3 is 2.27 bits per heavy atom. The summed E-state index contributed by atoms with van der Waals surface area (Å²) in [7, 11) is 0. The van der Waals surface area contributed by atoms with Gasteiger partial charge in [-0.2, -0.15) is 0 Å². The SMILES string of the molecule is CCCCCN(C(=O)C(NC(=O)OC(C)(C)C)C(C)CC)C(C(=O)Nc1c(C)cccc1Cl)c1cc(C)ccc1C. The van der Waals surface area contributed by atoms with Crippen LogP contribution in [0.4, 0.5) is 10.5 Å². The maximum atomic E-state index is 14.5. The number of nitrogens with one attached hydrogen (secondary N) is 2. The normalized spacial score (nSPS) is 13.6. The Morgan fingerprint density at radius 2 is 1.68 bits per heavy atom. The second kappa shape index (κ2) is 15.2. The minimum absolute atomic E-state index is 0.197. The van der Waals surface area contributed by atoms with Crippen LogP contribution in [0.25, 0.3) is 0 Å². The molecule has 3 amide bonds. The van der Waals surface area contributed by atoms with Crippen LogP contribution in [0, 0.1) is 26.7 Å². The Bertz CT molecular complexity index is 1190. The van der Waals surface area contributed by atoms with E-state index >= 15 is 0 Å². The average molecular weight is 586 g/mol. The van der Waals surface area contributed by atoms with Crippen LogP contribution in [0.2, 0.25) is 5.02 Å². The van der Waals surface area contributed by atoms with Gasteiger partial charge in [0.2, 0.25) is 5.91 Å². The molecule has 0 radical (unpaired) electrons. The number of amides is 3. The summed E-state index contributed by atoms with van der Waals surface area (Å²) in [5, 5.41) is 6.28. The third-order valence-electron chi connectivity index (χ3n) is 7.20. The van der Waals surface area contributed by atoms with Crippen molar-refractivity contribution in [1.29, 1.82) is 0 Å². The minimum Gasteiger partial charge on any atom is -0.444 e. The lowest BCUT2D eigenvalue weighted by molar-refractivity contribution is -0.142. The van der Waals surface area contributed by atoms with E-state index in [2.05, 4.69) is 17.6 Å². The Hall–Kier alpha value is -3.06. The van der Waals surface area contributed by atoms with Crippen molar-refractivity contribution in [3.63, 3.8) is 0 Å². The lowest BCUT2D eigenvalue weighted by Crippen LogP contribution is -2.55. The summed E-state index contributed by atoms with van der Waals surface area (Å²) < 4.78 is 5.51. The van der Waals surface area contributed by atoms with Crippen molar-refractivity contribution in [1.82, 2.24) is 10.2 Å². The molecular weight excluding hydrogens is 538 g/mol. The number of unbranched alkanes of at least 4 members (excludes halogenated alkanes) is 2. The van der Waals surface area contributed by atoms with E-state index in [1.165, 1.54) is 0 Å². The number of anilines is 1. The second-order valence-electron chi connectivity index (χ2n) is 11.9. The average Bonchev–Trinajstić information content (AvgIpc) is 2.89. The molecule has 2 N–H and O–H groups in total.